The molecule has 2 bridgehead atoms. The summed E-state index contributed by atoms with van der Waals surface area (Å²) in [6, 6.07) is 8.19. The van der Waals surface area contributed by atoms with E-state index in [9.17, 15) is 13.2 Å². The number of sulfone groups is 1. The van der Waals surface area contributed by atoms with Crippen LogP contribution in [0, 0.1) is 5.92 Å². The number of anilines is 1. The monoisotopic (exact) mass is 445 g/mol. The number of hydrogen-bond donors (Lipinski definition) is 2. The first-order valence-electron chi connectivity index (χ1n) is 8.62. The Bertz CT molecular complexity index is 951. The number of pyridine rings is 1. The van der Waals surface area contributed by atoms with Crippen LogP contribution in [0.4, 0.5) is 5.69 Å². The highest BCUT2D eigenvalue weighted by Crippen LogP contribution is 2.33. The molecule has 0 unspecified atom stereocenters. The summed E-state index contributed by atoms with van der Waals surface area (Å²) in [5.74, 6) is -0.239. The Morgan fingerprint density at radius 3 is 2.54 bits per heavy atom. The molecule has 0 fully saturated rings. The van der Waals surface area contributed by atoms with Gasteiger partial charge in [-0.2, -0.15) is 0 Å². The van der Waals surface area contributed by atoms with Crippen molar-refractivity contribution in [2.75, 3.05) is 11.6 Å². The van der Waals surface area contributed by atoms with Gasteiger partial charge in [-0.25, -0.2) is 8.42 Å². The van der Waals surface area contributed by atoms with Crippen molar-refractivity contribution in [2.45, 2.75) is 37.1 Å². The SMILES string of the molecule is C[C@@H]1CCC[C@H](N)c2cc(ccn2)-c2cc(S(C)(=O)=O)ccc2NC1=O.Cl.Cl. The van der Waals surface area contributed by atoms with Crippen LogP contribution in [0.2, 0.25) is 0 Å². The maximum Gasteiger partial charge on any atom is 0.227 e. The molecule has 6 nitrogen and oxygen atoms in total. The zero-order chi connectivity index (χ0) is 18.9. The summed E-state index contributed by atoms with van der Waals surface area (Å²) in [5, 5.41) is 2.94. The number of nitrogens with two attached hydrogens (primary N) is 1. The van der Waals surface area contributed by atoms with Gasteiger partial charge in [-0.15, -0.1) is 24.8 Å². The normalized spacial score (nSPS) is 19.6. The minimum atomic E-state index is -3.37. The molecule has 1 aromatic carbocycles. The maximum absolute atomic E-state index is 12.5. The second-order valence-electron chi connectivity index (χ2n) is 6.88. The third-order valence-electron chi connectivity index (χ3n) is 4.75. The summed E-state index contributed by atoms with van der Waals surface area (Å²) in [5.41, 5.74) is 9.03. The number of benzene rings is 1. The van der Waals surface area contributed by atoms with Crippen LogP contribution in [-0.2, 0) is 14.6 Å². The second-order valence-corrected chi connectivity index (χ2v) is 8.89. The zero-order valence-electron chi connectivity index (χ0n) is 15.7. The smallest absolute Gasteiger partial charge is 0.227 e. The molecule has 9 heteroatoms. The number of amides is 1. The highest BCUT2D eigenvalue weighted by Gasteiger charge is 2.20. The minimum absolute atomic E-state index is 0. The number of halogens is 2. The summed E-state index contributed by atoms with van der Waals surface area (Å²) in [7, 11) is -3.37. The summed E-state index contributed by atoms with van der Waals surface area (Å²) in [6.45, 7) is 1.88. The fourth-order valence-electron chi connectivity index (χ4n) is 3.10. The van der Waals surface area contributed by atoms with Gasteiger partial charge in [0, 0.05) is 35.7 Å². The van der Waals surface area contributed by atoms with Crippen LogP contribution in [-0.4, -0.2) is 25.6 Å². The molecule has 0 saturated heterocycles. The summed E-state index contributed by atoms with van der Waals surface area (Å²) in [4.78, 5) is 17.1. The number of carbonyl (C=O) groups is 1. The second kappa shape index (κ2) is 9.69. The van der Waals surface area contributed by atoms with Gasteiger partial charge in [0.15, 0.2) is 9.84 Å². The van der Waals surface area contributed by atoms with E-state index in [0.29, 0.717) is 11.3 Å². The average molecular weight is 446 g/mol. The maximum atomic E-state index is 12.5. The molecular weight excluding hydrogens is 421 g/mol. The average Bonchev–Trinajstić information content (AvgIpc) is 2.60. The van der Waals surface area contributed by atoms with E-state index in [1.165, 1.54) is 12.3 Å². The van der Waals surface area contributed by atoms with Crippen molar-refractivity contribution in [2.24, 2.45) is 11.7 Å². The topological polar surface area (TPSA) is 102 Å². The number of rotatable bonds is 1. The molecule has 0 saturated carbocycles. The first-order chi connectivity index (χ1) is 12.3. The first kappa shape index (κ1) is 24.4. The Hall–Kier alpha value is -1.67. The highest BCUT2D eigenvalue weighted by molar-refractivity contribution is 7.90. The first-order valence-corrected chi connectivity index (χ1v) is 10.5. The molecule has 3 N–H and O–H groups in total. The van der Waals surface area contributed by atoms with Crippen molar-refractivity contribution >= 4 is 46.2 Å². The van der Waals surface area contributed by atoms with E-state index in [1.807, 2.05) is 13.0 Å². The lowest BCUT2D eigenvalue weighted by Gasteiger charge is -2.19. The summed E-state index contributed by atoms with van der Waals surface area (Å²) < 4.78 is 23.9. The molecule has 0 radical (unpaired) electrons. The van der Waals surface area contributed by atoms with Crippen molar-refractivity contribution in [1.29, 1.82) is 0 Å². The van der Waals surface area contributed by atoms with E-state index in [-0.39, 0.29) is 47.6 Å². The molecule has 2 atom stereocenters. The number of aromatic nitrogens is 1. The Kier molecular flexibility index (Phi) is 8.44. The van der Waals surface area contributed by atoms with Gasteiger partial charge in [0.2, 0.25) is 5.91 Å². The van der Waals surface area contributed by atoms with E-state index in [0.717, 1.165) is 30.5 Å². The van der Waals surface area contributed by atoms with Crippen molar-refractivity contribution in [3.63, 3.8) is 0 Å². The van der Waals surface area contributed by atoms with Crippen molar-refractivity contribution in [3.05, 3.63) is 42.2 Å². The fraction of sp³-hybridized carbons (Fsp3) is 0.368. The lowest BCUT2D eigenvalue weighted by Crippen LogP contribution is -2.22. The standard InChI is InChI=1S/C19H23N3O3S.2ClH/c1-12-4-3-5-16(20)18-10-13(8-9-21-18)15-11-14(26(2,24)25)6-7-17(15)22-19(12)23;;/h6-12,16H,3-5,20H2,1-2H3,(H,22,23);2*1H/t12-,16+;;/m1../s1. The molecular formula is C19H25Cl2N3O3S. The van der Waals surface area contributed by atoms with E-state index in [4.69, 9.17) is 5.73 Å². The summed E-state index contributed by atoms with van der Waals surface area (Å²) in [6.07, 6.45) is 5.14. The van der Waals surface area contributed by atoms with Crippen LogP contribution < -0.4 is 11.1 Å². The van der Waals surface area contributed by atoms with Crippen LogP contribution >= 0.6 is 24.8 Å². The molecule has 1 amide bonds. The van der Waals surface area contributed by atoms with E-state index in [2.05, 4.69) is 10.3 Å². The molecule has 1 aromatic heterocycles. The predicted octanol–water partition coefficient (Wildman–Crippen LogP) is 3.75. The van der Waals surface area contributed by atoms with Crippen molar-refractivity contribution in [3.8, 4) is 11.1 Å². The Morgan fingerprint density at radius 1 is 1.14 bits per heavy atom. The van der Waals surface area contributed by atoms with Crippen LogP contribution in [0.5, 0.6) is 0 Å². The van der Waals surface area contributed by atoms with Crippen LogP contribution in [0.15, 0.2) is 41.4 Å². The molecule has 0 spiro atoms. The predicted molar refractivity (Wildman–Crippen MR) is 116 cm³/mol. The third kappa shape index (κ3) is 5.44. The van der Waals surface area contributed by atoms with E-state index < -0.39 is 9.84 Å². The van der Waals surface area contributed by atoms with Crippen LogP contribution in [0.1, 0.15) is 37.9 Å². The van der Waals surface area contributed by atoms with Gasteiger partial charge < -0.3 is 11.1 Å². The molecule has 154 valence electrons. The van der Waals surface area contributed by atoms with Gasteiger partial charge >= 0.3 is 0 Å². The Balaban J connectivity index is 0.00000196. The molecule has 2 heterocycles. The Morgan fingerprint density at radius 2 is 1.86 bits per heavy atom. The quantitative estimate of drug-likeness (QED) is 0.695. The van der Waals surface area contributed by atoms with Gasteiger partial charge in [-0.05, 0) is 48.7 Å². The summed E-state index contributed by atoms with van der Waals surface area (Å²) >= 11 is 0. The van der Waals surface area contributed by atoms with E-state index >= 15 is 0 Å². The molecule has 28 heavy (non-hydrogen) atoms. The number of hydrogen-bond acceptors (Lipinski definition) is 5. The van der Waals surface area contributed by atoms with Crippen LogP contribution in [0.25, 0.3) is 11.1 Å². The van der Waals surface area contributed by atoms with Crippen LogP contribution in [0.3, 0.4) is 0 Å². The lowest BCUT2D eigenvalue weighted by atomic mass is 9.96. The van der Waals surface area contributed by atoms with Crippen molar-refractivity contribution < 1.29 is 13.2 Å². The number of fused-ring (bicyclic) bond motifs is 4. The zero-order valence-corrected chi connectivity index (χ0v) is 18.2. The lowest BCUT2D eigenvalue weighted by molar-refractivity contribution is -0.119. The van der Waals surface area contributed by atoms with Gasteiger partial charge in [0.1, 0.15) is 0 Å². The van der Waals surface area contributed by atoms with Gasteiger partial charge in [-0.1, -0.05) is 13.3 Å². The van der Waals surface area contributed by atoms with Crippen molar-refractivity contribution in [1.82, 2.24) is 4.98 Å². The van der Waals surface area contributed by atoms with Gasteiger partial charge in [0.25, 0.3) is 0 Å². The highest BCUT2D eigenvalue weighted by atomic mass is 35.5. The van der Waals surface area contributed by atoms with Gasteiger partial charge in [-0.3, -0.25) is 9.78 Å². The largest absolute Gasteiger partial charge is 0.325 e. The molecule has 3 rings (SSSR count). The number of nitrogens with zero attached hydrogens (tertiary/aromatic N) is 1. The molecule has 1 aliphatic heterocycles. The molecule has 2 aromatic rings. The van der Waals surface area contributed by atoms with Gasteiger partial charge in [0.05, 0.1) is 10.6 Å². The molecule has 0 aliphatic carbocycles. The van der Waals surface area contributed by atoms with E-state index in [1.54, 1.807) is 24.4 Å². The number of nitrogens with one attached hydrogen (secondary N) is 1. The fourth-order valence-corrected chi connectivity index (χ4v) is 3.75. The Labute approximate surface area is 178 Å². The minimum Gasteiger partial charge on any atom is -0.325 e. The molecule has 1 aliphatic rings. The number of carbonyl (C=O) groups excluding carboxylic acids is 1. The third-order valence-corrected chi connectivity index (χ3v) is 5.86.